The molecule has 5 rings (SSSR count). The Hall–Kier alpha value is -3.32. The summed E-state index contributed by atoms with van der Waals surface area (Å²) in [6, 6.07) is 15.4. The molecule has 0 radical (unpaired) electrons. The largest absolute Gasteiger partial charge is 0.481 e. The van der Waals surface area contributed by atoms with Crippen LogP contribution in [0.2, 0.25) is 5.02 Å². The van der Waals surface area contributed by atoms with Gasteiger partial charge in [0.2, 0.25) is 0 Å². The summed E-state index contributed by atoms with van der Waals surface area (Å²) in [7, 11) is 0. The normalized spacial score (nSPS) is 21.2. The number of carbonyl (C=O) groups excluding carboxylic acids is 1. The van der Waals surface area contributed by atoms with E-state index in [9.17, 15) is 14.7 Å². The maximum Gasteiger partial charge on any atom is 0.412 e. The van der Waals surface area contributed by atoms with E-state index in [1.807, 2.05) is 30.3 Å². The van der Waals surface area contributed by atoms with Crippen LogP contribution in [0.1, 0.15) is 74.3 Å². The van der Waals surface area contributed by atoms with Gasteiger partial charge in [-0.1, -0.05) is 59.2 Å². The van der Waals surface area contributed by atoms with Crippen molar-refractivity contribution < 1.29 is 24.0 Å². The highest BCUT2D eigenvalue weighted by atomic mass is 35.5. The monoisotopic (exact) mass is 522 g/mol. The van der Waals surface area contributed by atoms with Crippen LogP contribution in [-0.2, 0) is 9.53 Å². The molecule has 8 heteroatoms. The van der Waals surface area contributed by atoms with E-state index in [0.717, 1.165) is 49.7 Å². The number of nitrogens with one attached hydrogen (secondary N) is 1. The number of hydrogen-bond donors (Lipinski definition) is 2. The van der Waals surface area contributed by atoms with Gasteiger partial charge in [-0.15, -0.1) is 0 Å². The lowest BCUT2D eigenvalue weighted by Gasteiger charge is -2.32. The molecule has 0 aliphatic heterocycles. The molecule has 3 aromatic rings. The molecule has 1 aromatic heterocycles. The molecule has 2 aromatic carbocycles. The molecule has 37 heavy (non-hydrogen) atoms. The maximum absolute atomic E-state index is 12.7. The number of rotatable bonds is 7. The van der Waals surface area contributed by atoms with Crippen molar-refractivity contribution in [1.82, 2.24) is 5.16 Å². The third-order valence-corrected chi connectivity index (χ3v) is 8.43. The number of nitrogens with zero attached hydrogens (tertiary/aromatic N) is 1. The summed E-state index contributed by atoms with van der Waals surface area (Å²) < 4.78 is 11.1. The predicted molar refractivity (Wildman–Crippen MR) is 141 cm³/mol. The lowest BCUT2D eigenvalue weighted by molar-refractivity contribution is -0.146. The van der Waals surface area contributed by atoms with Gasteiger partial charge in [0.05, 0.1) is 5.41 Å². The number of carbonyl (C=O) groups is 2. The summed E-state index contributed by atoms with van der Waals surface area (Å²) in [5, 5.41) is 17.0. The van der Waals surface area contributed by atoms with Gasteiger partial charge in [-0.2, -0.15) is 0 Å². The van der Waals surface area contributed by atoms with Crippen molar-refractivity contribution in [2.24, 2.45) is 11.3 Å². The highest BCUT2D eigenvalue weighted by Gasteiger charge is 2.56. The zero-order chi connectivity index (χ0) is 26.2. The van der Waals surface area contributed by atoms with Gasteiger partial charge in [-0.25, -0.2) is 4.79 Å². The van der Waals surface area contributed by atoms with Gasteiger partial charge in [-0.3, -0.25) is 10.1 Å². The second-order valence-electron chi connectivity index (χ2n) is 10.3. The summed E-state index contributed by atoms with van der Waals surface area (Å²) in [5.74, 6) is 0.568. The van der Waals surface area contributed by atoms with Crippen LogP contribution in [-0.4, -0.2) is 22.3 Å². The van der Waals surface area contributed by atoms with E-state index in [-0.39, 0.29) is 0 Å². The van der Waals surface area contributed by atoms with Crippen LogP contribution in [0, 0.1) is 18.3 Å². The van der Waals surface area contributed by atoms with Crippen LogP contribution in [0.15, 0.2) is 53.1 Å². The van der Waals surface area contributed by atoms with E-state index in [1.54, 1.807) is 19.9 Å². The first-order valence-corrected chi connectivity index (χ1v) is 13.2. The van der Waals surface area contributed by atoms with Crippen molar-refractivity contribution in [3.8, 4) is 11.3 Å². The van der Waals surface area contributed by atoms with Gasteiger partial charge in [-0.05, 0) is 75.8 Å². The summed E-state index contributed by atoms with van der Waals surface area (Å²) in [5.41, 5.74) is 3.33. The minimum absolute atomic E-state index is 0.298. The van der Waals surface area contributed by atoms with Crippen LogP contribution in [0.5, 0.6) is 0 Å². The van der Waals surface area contributed by atoms with Crippen LogP contribution >= 0.6 is 11.6 Å². The van der Waals surface area contributed by atoms with E-state index in [1.165, 1.54) is 5.56 Å². The highest BCUT2D eigenvalue weighted by molar-refractivity contribution is 6.31. The van der Waals surface area contributed by atoms with Gasteiger partial charge in [0, 0.05) is 16.1 Å². The standard InChI is InChI=1S/C29H31ClN2O5/c1-17-25(31-28(35)36-18(2)23-5-3-4-6-24(23)30)26(37-32-17)21-9-7-19(8-10-21)20-11-13-22(14-12-20)29(15-16-29)27(33)34/h3-10,18,20,22H,11-16H2,1-2H3,(H,31,35)(H,33,34). The van der Waals surface area contributed by atoms with E-state index in [0.29, 0.717) is 34.0 Å². The van der Waals surface area contributed by atoms with Crippen molar-refractivity contribution in [2.75, 3.05) is 5.32 Å². The smallest absolute Gasteiger partial charge is 0.412 e. The van der Waals surface area contributed by atoms with Gasteiger partial charge < -0.3 is 14.4 Å². The van der Waals surface area contributed by atoms with Crippen molar-refractivity contribution in [2.45, 2.75) is 64.4 Å². The quantitative estimate of drug-likeness (QED) is 0.329. The summed E-state index contributed by atoms with van der Waals surface area (Å²) in [6.45, 7) is 3.52. The Balaban J connectivity index is 1.23. The summed E-state index contributed by atoms with van der Waals surface area (Å²) in [4.78, 5) is 24.3. The fourth-order valence-electron chi connectivity index (χ4n) is 5.69. The molecule has 194 valence electrons. The number of aromatic nitrogens is 1. The number of halogens is 1. The third-order valence-electron chi connectivity index (χ3n) is 8.08. The topological polar surface area (TPSA) is 102 Å². The molecular weight excluding hydrogens is 492 g/mol. The number of carboxylic acid groups (broad SMARTS) is 1. The number of anilines is 1. The molecule has 0 spiro atoms. The van der Waals surface area contributed by atoms with Crippen molar-refractivity contribution >= 4 is 29.4 Å². The molecule has 0 saturated heterocycles. The molecule has 0 bridgehead atoms. The number of aryl methyl sites for hydroxylation is 1. The van der Waals surface area contributed by atoms with Gasteiger partial charge >= 0.3 is 12.1 Å². The SMILES string of the molecule is Cc1noc(-c2ccc(C3CCC(C4(C(=O)O)CC4)CC3)cc2)c1NC(=O)OC(C)c1ccccc1Cl. The van der Waals surface area contributed by atoms with E-state index in [4.69, 9.17) is 20.9 Å². The predicted octanol–water partition coefficient (Wildman–Crippen LogP) is 7.75. The molecule has 1 unspecified atom stereocenters. The first kappa shape index (κ1) is 25.3. The Morgan fingerprint density at radius 3 is 2.41 bits per heavy atom. The lowest BCUT2D eigenvalue weighted by atomic mass is 9.72. The van der Waals surface area contributed by atoms with E-state index in [2.05, 4.69) is 22.6 Å². The minimum Gasteiger partial charge on any atom is -0.481 e. The Bertz CT molecular complexity index is 1290. The summed E-state index contributed by atoms with van der Waals surface area (Å²) >= 11 is 6.23. The fraction of sp³-hybridized carbons (Fsp3) is 0.414. The number of ether oxygens (including phenoxy) is 1. The van der Waals surface area contributed by atoms with E-state index >= 15 is 0 Å². The Labute approximate surface area is 221 Å². The molecule has 2 N–H and O–H groups in total. The Morgan fingerprint density at radius 2 is 1.78 bits per heavy atom. The summed E-state index contributed by atoms with van der Waals surface area (Å²) in [6.07, 6.45) is 4.43. The lowest BCUT2D eigenvalue weighted by Crippen LogP contribution is -2.28. The van der Waals surface area contributed by atoms with Gasteiger partial charge in [0.15, 0.2) is 5.76 Å². The molecule has 1 amide bonds. The number of aliphatic carboxylic acids is 1. The molecule has 2 fully saturated rings. The first-order valence-electron chi connectivity index (χ1n) is 12.8. The zero-order valence-corrected chi connectivity index (χ0v) is 21.8. The van der Waals surface area contributed by atoms with Crippen LogP contribution < -0.4 is 5.32 Å². The number of benzene rings is 2. The van der Waals surface area contributed by atoms with Crippen LogP contribution in [0.4, 0.5) is 10.5 Å². The molecular formula is C29H31ClN2O5. The second-order valence-corrected chi connectivity index (χ2v) is 10.7. The van der Waals surface area contributed by atoms with Gasteiger partial charge in [0.1, 0.15) is 17.5 Å². The fourth-order valence-corrected chi connectivity index (χ4v) is 5.98. The third kappa shape index (κ3) is 5.10. The molecule has 2 aliphatic rings. The Kier molecular flexibility index (Phi) is 6.99. The first-order chi connectivity index (χ1) is 17.8. The molecule has 1 atom stereocenters. The minimum atomic E-state index is -0.622. The molecule has 7 nitrogen and oxygen atoms in total. The van der Waals surface area contributed by atoms with Crippen molar-refractivity contribution in [3.63, 3.8) is 0 Å². The van der Waals surface area contributed by atoms with Crippen molar-refractivity contribution in [1.29, 1.82) is 0 Å². The zero-order valence-electron chi connectivity index (χ0n) is 21.0. The molecule has 2 aliphatic carbocycles. The van der Waals surface area contributed by atoms with Crippen LogP contribution in [0.25, 0.3) is 11.3 Å². The maximum atomic E-state index is 12.7. The van der Waals surface area contributed by atoms with Crippen molar-refractivity contribution in [3.05, 3.63) is 70.4 Å². The average Bonchev–Trinajstić information content (AvgIpc) is 3.64. The molecule has 2 saturated carbocycles. The Morgan fingerprint density at radius 1 is 1.11 bits per heavy atom. The number of amides is 1. The average molecular weight is 523 g/mol. The highest BCUT2D eigenvalue weighted by Crippen LogP contribution is 2.57. The van der Waals surface area contributed by atoms with Gasteiger partial charge in [0.25, 0.3) is 0 Å². The van der Waals surface area contributed by atoms with Crippen LogP contribution in [0.3, 0.4) is 0 Å². The molecule has 1 heterocycles. The second kappa shape index (κ2) is 10.2. The number of hydrogen-bond acceptors (Lipinski definition) is 5. The van der Waals surface area contributed by atoms with E-state index < -0.39 is 23.6 Å². The number of carboxylic acids is 1.